The van der Waals surface area contributed by atoms with E-state index in [-0.39, 0.29) is 11.5 Å². The molecule has 0 aromatic carbocycles. The summed E-state index contributed by atoms with van der Waals surface area (Å²) in [5.41, 5.74) is 0.813. The molecule has 2 heterocycles. The number of furan rings is 1. The first kappa shape index (κ1) is 15.6. The summed E-state index contributed by atoms with van der Waals surface area (Å²) in [5, 5.41) is 3.56. The number of nitrogens with one attached hydrogen (secondary N) is 1. The molecule has 0 atom stereocenters. The van der Waals surface area contributed by atoms with Crippen LogP contribution in [0.4, 0.5) is 0 Å². The maximum Gasteiger partial charge on any atom is 0.341 e. The van der Waals surface area contributed by atoms with Gasteiger partial charge in [0.15, 0.2) is 0 Å². The van der Waals surface area contributed by atoms with Crippen LogP contribution in [0.25, 0.3) is 0 Å². The number of ether oxygens (including phenoxy) is 1. The van der Waals surface area contributed by atoms with E-state index in [2.05, 4.69) is 10.2 Å². The Morgan fingerprint density at radius 3 is 2.91 bits per heavy atom. The van der Waals surface area contributed by atoms with Crippen LogP contribution < -0.4 is 5.32 Å². The van der Waals surface area contributed by atoms with Gasteiger partial charge in [-0.2, -0.15) is 0 Å². The minimum Gasteiger partial charge on any atom is -0.465 e. The molecule has 1 aliphatic carbocycles. The van der Waals surface area contributed by atoms with Crippen LogP contribution in [0.3, 0.4) is 0 Å². The fraction of sp³-hybridized carbons (Fsp3) is 0.706. The van der Waals surface area contributed by atoms with E-state index in [9.17, 15) is 4.79 Å². The number of methoxy groups -OCH3 is 1. The molecule has 3 rings (SSSR count). The lowest BCUT2D eigenvalue weighted by atomic mass is 9.79. The van der Waals surface area contributed by atoms with Gasteiger partial charge in [-0.1, -0.05) is 19.3 Å². The first-order valence-corrected chi connectivity index (χ1v) is 8.28. The number of carbonyl (C=O) groups excluding carboxylic acids is 1. The van der Waals surface area contributed by atoms with E-state index in [1.54, 1.807) is 0 Å². The summed E-state index contributed by atoms with van der Waals surface area (Å²) in [6.45, 7) is 5.72. The Kier molecular flexibility index (Phi) is 4.54. The molecule has 22 heavy (non-hydrogen) atoms. The number of hydrogen-bond donors (Lipinski definition) is 1. The van der Waals surface area contributed by atoms with Crippen molar-refractivity contribution in [3.8, 4) is 0 Å². The quantitative estimate of drug-likeness (QED) is 0.870. The predicted octanol–water partition coefficient (Wildman–Crippen LogP) is 2.48. The molecule has 0 radical (unpaired) electrons. The largest absolute Gasteiger partial charge is 0.465 e. The summed E-state index contributed by atoms with van der Waals surface area (Å²) in [7, 11) is 1.40. The maximum absolute atomic E-state index is 11.7. The van der Waals surface area contributed by atoms with Crippen molar-refractivity contribution in [2.45, 2.75) is 51.1 Å². The van der Waals surface area contributed by atoms with E-state index >= 15 is 0 Å². The Bertz CT molecular complexity index is 524. The van der Waals surface area contributed by atoms with Gasteiger partial charge >= 0.3 is 5.97 Å². The first-order chi connectivity index (χ1) is 10.6. The zero-order valence-electron chi connectivity index (χ0n) is 13.6. The minimum absolute atomic E-state index is 0.266. The van der Waals surface area contributed by atoms with Crippen molar-refractivity contribution in [2.24, 2.45) is 0 Å². The summed E-state index contributed by atoms with van der Waals surface area (Å²) in [4.78, 5) is 14.3. The van der Waals surface area contributed by atoms with Gasteiger partial charge in [0.05, 0.1) is 13.7 Å². The summed E-state index contributed by atoms with van der Waals surface area (Å²) in [6, 6.07) is 1.85. The van der Waals surface area contributed by atoms with Crippen LogP contribution in [0.5, 0.6) is 0 Å². The monoisotopic (exact) mass is 306 g/mol. The van der Waals surface area contributed by atoms with Crippen LogP contribution >= 0.6 is 0 Å². The SMILES string of the molecule is COC(=O)c1cc(CN2CCNCC23CCCCC3)oc1C. The van der Waals surface area contributed by atoms with Gasteiger partial charge in [0.2, 0.25) is 0 Å². The number of nitrogens with zero attached hydrogens (tertiary/aromatic N) is 1. The third-order valence-corrected chi connectivity index (χ3v) is 5.19. The molecule has 0 unspecified atom stereocenters. The summed E-state index contributed by atoms with van der Waals surface area (Å²) < 4.78 is 10.6. The minimum atomic E-state index is -0.319. The molecule has 0 amide bonds. The molecule has 1 aliphatic heterocycles. The molecule has 1 N–H and O–H groups in total. The number of hydrogen-bond acceptors (Lipinski definition) is 5. The molecule has 2 fully saturated rings. The highest BCUT2D eigenvalue weighted by Crippen LogP contribution is 2.35. The van der Waals surface area contributed by atoms with Crippen molar-refractivity contribution in [3.63, 3.8) is 0 Å². The summed E-state index contributed by atoms with van der Waals surface area (Å²) in [6.07, 6.45) is 6.47. The smallest absolute Gasteiger partial charge is 0.341 e. The third kappa shape index (κ3) is 2.92. The summed E-state index contributed by atoms with van der Waals surface area (Å²) in [5.74, 6) is 1.19. The van der Waals surface area contributed by atoms with Crippen LogP contribution in [0.1, 0.15) is 54.0 Å². The van der Waals surface area contributed by atoms with Gasteiger partial charge in [-0.05, 0) is 25.8 Å². The van der Waals surface area contributed by atoms with Crippen molar-refractivity contribution in [1.82, 2.24) is 10.2 Å². The molecule has 0 bridgehead atoms. The average molecular weight is 306 g/mol. The molecule has 5 nitrogen and oxygen atoms in total. The second-order valence-corrected chi connectivity index (χ2v) is 6.56. The Morgan fingerprint density at radius 1 is 1.41 bits per heavy atom. The second-order valence-electron chi connectivity index (χ2n) is 6.56. The fourth-order valence-electron chi connectivity index (χ4n) is 3.96. The van der Waals surface area contributed by atoms with Gasteiger partial charge in [0, 0.05) is 25.2 Å². The number of rotatable bonds is 3. The molecular weight excluding hydrogens is 280 g/mol. The van der Waals surface area contributed by atoms with E-state index in [1.165, 1.54) is 39.2 Å². The van der Waals surface area contributed by atoms with E-state index in [1.807, 2.05) is 13.0 Å². The molecule has 1 saturated heterocycles. The maximum atomic E-state index is 11.7. The first-order valence-electron chi connectivity index (χ1n) is 8.28. The number of piperazine rings is 1. The van der Waals surface area contributed by atoms with Crippen LogP contribution in [0.15, 0.2) is 10.5 Å². The van der Waals surface area contributed by atoms with Crippen LogP contribution in [-0.2, 0) is 11.3 Å². The number of esters is 1. The molecule has 1 aromatic rings. The lowest BCUT2D eigenvalue weighted by Gasteiger charge is -2.49. The Morgan fingerprint density at radius 2 is 2.18 bits per heavy atom. The van der Waals surface area contributed by atoms with Gasteiger partial charge in [-0.3, -0.25) is 4.90 Å². The van der Waals surface area contributed by atoms with Crippen molar-refractivity contribution in [1.29, 1.82) is 0 Å². The Balaban J connectivity index is 1.77. The standard InChI is InChI=1S/C17H26N2O3/c1-13-15(16(20)21-2)10-14(22-13)11-19-9-8-18-12-17(19)6-4-3-5-7-17/h10,18H,3-9,11-12H2,1-2H3. The zero-order valence-corrected chi connectivity index (χ0v) is 13.6. The van der Waals surface area contributed by atoms with Gasteiger partial charge in [0.1, 0.15) is 17.1 Å². The van der Waals surface area contributed by atoms with Gasteiger partial charge < -0.3 is 14.5 Å². The van der Waals surface area contributed by atoms with Crippen LogP contribution in [0.2, 0.25) is 0 Å². The second kappa shape index (κ2) is 6.42. The highest BCUT2D eigenvalue weighted by atomic mass is 16.5. The molecule has 1 spiro atoms. The number of aryl methyl sites for hydroxylation is 1. The molecule has 5 heteroatoms. The summed E-state index contributed by atoms with van der Waals surface area (Å²) >= 11 is 0. The lowest BCUT2D eigenvalue weighted by Crippen LogP contribution is -2.61. The normalized spacial score (nSPS) is 21.9. The van der Waals surface area contributed by atoms with Crippen molar-refractivity contribution in [3.05, 3.63) is 23.2 Å². The van der Waals surface area contributed by atoms with E-state index in [0.717, 1.165) is 31.9 Å². The Labute approximate surface area is 132 Å². The Hall–Kier alpha value is -1.33. The van der Waals surface area contributed by atoms with Crippen LogP contribution in [-0.4, -0.2) is 43.2 Å². The van der Waals surface area contributed by atoms with Gasteiger partial charge in [-0.25, -0.2) is 4.79 Å². The fourth-order valence-corrected chi connectivity index (χ4v) is 3.96. The van der Waals surface area contributed by atoms with E-state index in [0.29, 0.717) is 11.3 Å². The van der Waals surface area contributed by atoms with Crippen molar-refractivity contribution in [2.75, 3.05) is 26.7 Å². The highest BCUT2D eigenvalue weighted by Gasteiger charge is 2.40. The van der Waals surface area contributed by atoms with Crippen molar-refractivity contribution >= 4 is 5.97 Å². The lowest BCUT2D eigenvalue weighted by molar-refractivity contribution is 0.0159. The predicted molar refractivity (Wildman–Crippen MR) is 83.9 cm³/mol. The zero-order chi connectivity index (χ0) is 15.6. The molecule has 122 valence electrons. The van der Waals surface area contributed by atoms with E-state index in [4.69, 9.17) is 9.15 Å². The molecule has 2 aliphatic rings. The molecular formula is C17H26N2O3. The van der Waals surface area contributed by atoms with Crippen molar-refractivity contribution < 1.29 is 13.9 Å². The highest BCUT2D eigenvalue weighted by molar-refractivity contribution is 5.90. The molecule has 1 aromatic heterocycles. The molecule has 1 saturated carbocycles. The van der Waals surface area contributed by atoms with Gasteiger partial charge in [-0.15, -0.1) is 0 Å². The number of carbonyl (C=O) groups is 1. The average Bonchev–Trinajstić information content (AvgIpc) is 2.90. The van der Waals surface area contributed by atoms with Crippen LogP contribution in [0, 0.1) is 6.92 Å². The van der Waals surface area contributed by atoms with E-state index < -0.39 is 0 Å². The van der Waals surface area contributed by atoms with Gasteiger partial charge in [0.25, 0.3) is 0 Å². The third-order valence-electron chi connectivity index (χ3n) is 5.19. The topological polar surface area (TPSA) is 54.7 Å².